The lowest BCUT2D eigenvalue weighted by molar-refractivity contribution is -0.0949. The van der Waals surface area contributed by atoms with Gasteiger partial charge in [-0.2, -0.15) is 0 Å². The molecule has 6 heteroatoms. The van der Waals surface area contributed by atoms with Crippen LogP contribution in [-0.4, -0.2) is 36.6 Å². The highest BCUT2D eigenvalue weighted by Crippen LogP contribution is 2.45. The van der Waals surface area contributed by atoms with Crippen LogP contribution in [0.25, 0.3) is 0 Å². The van der Waals surface area contributed by atoms with Crippen molar-refractivity contribution in [3.05, 3.63) is 0 Å². The van der Waals surface area contributed by atoms with Crippen LogP contribution in [0.1, 0.15) is 6.92 Å². The first kappa shape index (κ1) is 16.8. The Bertz CT molecular complexity index is 311. The third-order valence-electron chi connectivity index (χ3n) is 4.95. The summed E-state index contributed by atoms with van der Waals surface area (Å²) in [6, 6.07) is 1.18. The summed E-state index contributed by atoms with van der Waals surface area (Å²) in [4.78, 5) is 0. The molecule has 0 aromatic heterocycles. The molecule has 0 N–H and O–H groups in total. The maximum atomic E-state index is 6.64. The molecule has 1 saturated heterocycles. The first-order valence-electron chi connectivity index (χ1n) is 7.02. The largest absolute Gasteiger partial charge is 0.395 e. The molecule has 0 spiro atoms. The van der Waals surface area contributed by atoms with Crippen molar-refractivity contribution in [2.75, 3.05) is 0 Å². The molecule has 0 radical (unpaired) electrons. The molecule has 1 aliphatic heterocycles. The van der Waals surface area contributed by atoms with Gasteiger partial charge in [0, 0.05) is 7.59 Å². The summed E-state index contributed by atoms with van der Waals surface area (Å²) in [5.74, 6) is -0.293. The molecule has 2 nitrogen and oxygen atoms in total. The number of rotatable bonds is 2. The zero-order valence-electron chi connectivity index (χ0n) is 14.0. The van der Waals surface area contributed by atoms with Gasteiger partial charge in [0.25, 0.3) is 0 Å². The molecule has 0 aromatic carbocycles. The van der Waals surface area contributed by atoms with Crippen LogP contribution in [0.15, 0.2) is 0 Å². The van der Waals surface area contributed by atoms with Gasteiger partial charge in [-0.05, 0) is 45.7 Å². The molecule has 0 aliphatic carbocycles. The van der Waals surface area contributed by atoms with Gasteiger partial charge < -0.3 is 8.85 Å². The highest BCUT2D eigenvalue weighted by molar-refractivity contribution is 7.67. The molecule has 108 valence electrons. The monoisotopic (exact) mass is 320 g/mol. The maximum absolute atomic E-state index is 6.64. The maximum Gasteiger partial charge on any atom is 0.187 e. The summed E-state index contributed by atoms with van der Waals surface area (Å²) in [7, 11) is -5.58. The van der Waals surface area contributed by atoms with Crippen LogP contribution in [0.4, 0.5) is 0 Å². The van der Waals surface area contributed by atoms with Crippen molar-refractivity contribution in [1.82, 2.24) is 0 Å². The number of hydrogen-bond donors (Lipinski definition) is 0. The standard InChI is InChI=1S/C12H32O2Si4/c1-12(13-15(2,3)4)11-16(5,6)18(9,10)17(7,8)14-12/h11H2,1-10H3. The van der Waals surface area contributed by atoms with Crippen molar-refractivity contribution in [2.24, 2.45) is 0 Å². The first-order valence-corrected chi connectivity index (χ1v) is 21.5. The Labute approximate surface area is 117 Å². The Morgan fingerprint density at radius 3 is 1.78 bits per heavy atom. The summed E-state index contributed by atoms with van der Waals surface area (Å²) in [5.41, 5.74) is 0. The van der Waals surface area contributed by atoms with Crippen LogP contribution in [0.2, 0.25) is 65.0 Å². The van der Waals surface area contributed by atoms with Crippen molar-refractivity contribution in [1.29, 1.82) is 0 Å². The second-order valence-corrected chi connectivity index (χ2v) is 40.3. The lowest BCUT2D eigenvalue weighted by atomic mass is 10.4. The Kier molecular flexibility index (Phi) is 4.11. The molecular weight excluding hydrogens is 288 g/mol. The molecule has 18 heavy (non-hydrogen) atoms. The van der Waals surface area contributed by atoms with E-state index in [1.54, 1.807) is 0 Å². The van der Waals surface area contributed by atoms with Crippen LogP contribution in [0.3, 0.4) is 0 Å². The molecule has 1 atom stereocenters. The zero-order chi connectivity index (χ0) is 14.6. The molecule has 0 saturated carbocycles. The van der Waals surface area contributed by atoms with Gasteiger partial charge in [0.15, 0.2) is 16.2 Å². The normalized spacial score (nSPS) is 34.3. The highest BCUT2D eigenvalue weighted by Gasteiger charge is 2.62. The third kappa shape index (κ3) is 3.09. The minimum Gasteiger partial charge on any atom is -0.395 e. The van der Waals surface area contributed by atoms with Crippen LogP contribution in [0, 0.1) is 0 Å². The van der Waals surface area contributed by atoms with Gasteiger partial charge in [-0.25, -0.2) is 0 Å². The fraction of sp³-hybridized carbons (Fsp3) is 1.00. The fourth-order valence-electron chi connectivity index (χ4n) is 3.25. The average Bonchev–Trinajstić information content (AvgIpc) is 1.92. The summed E-state index contributed by atoms with van der Waals surface area (Å²) >= 11 is 0. The minimum atomic E-state index is -1.59. The smallest absolute Gasteiger partial charge is 0.187 e. The second-order valence-electron chi connectivity index (χ2n) is 8.65. The molecule has 1 aliphatic rings. The van der Waals surface area contributed by atoms with E-state index in [1.807, 2.05) is 0 Å². The van der Waals surface area contributed by atoms with Gasteiger partial charge >= 0.3 is 0 Å². The van der Waals surface area contributed by atoms with Gasteiger partial charge in [-0.3, -0.25) is 0 Å². The Morgan fingerprint density at radius 2 is 1.44 bits per heavy atom. The second kappa shape index (κ2) is 4.39. The lowest BCUT2D eigenvalue weighted by Gasteiger charge is -2.59. The molecule has 1 unspecified atom stereocenters. The quantitative estimate of drug-likeness (QED) is 0.704. The van der Waals surface area contributed by atoms with Crippen molar-refractivity contribution in [2.45, 2.75) is 77.7 Å². The van der Waals surface area contributed by atoms with E-state index in [1.165, 1.54) is 6.04 Å². The third-order valence-corrected chi connectivity index (χ3v) is 46.4. The van der Waals surface area contributed by atoms with Crippen LogP contribution >= 0.6 is 0 Å². The fourth-order valence-corrected chi connectivity index (χ4v) is 34.8. The minimum absolute atomic E-state index is 0.293. The van der Waals surface area contributed by atoms with E-state index in [-0.39, 0.29) is 5.79 Å². The van der Waals surface area contributed by atoms with Gasteiger partial charge in [0.2, 0.25) is 0 Å². The summed E-state index contributed by atoms with van der Waals surface area (Å²) in [6.45, 7) is 24.1. The molecule has 0 bridgehead atoms. The predicted octanol–water partition coefficient (Wildman–Crippen LogP) is 4.36. The van der Waals surface area contributed by atoms with E-state index in [2.05, 4.69) is 65.8 Å². The van der Waals surface area contributed by atoms with Crippen molar-refractivity contribution >= 4 is 30.9 Å². The van der Waals surface area contributed by atoms with Gasteiger partial charge in [-0.1, -0.05) is 26.2 Å². The zero-order valence-corrected chi connectivity index (χ0v) is 18.0. The summed E-state index contributed by atoms with van der Waals surface area (Å²) < 4.78 is 13.1. The van der Waals surface area contributed by atoms with Crippen LogP contribution in [-0.2, 0) is 8.85 Å². The van der Waals surface area contributed by atoms with Gasteiger partial charge in [0.1, 0.15) is 5.79 Å². The van der Waals surface area contributed by atoms with E-state index in [4.69, 9.17) is 8.85 Å². The highest BCUT2D eigenvalue weighted by atomic mass is 29.6. The van der Waals surface area contributed by atoms with Gasteiger partial charge in [0.05, 0.1) is 7.11 Å². The van der Waals surface area contributed by atoms with E-state index in [9.17, 15) is 0 Å². The first-order chi connectivity index (χ1) is 7.62. The summed E-state index contributed by atoms with van der Waals surface area (Å²) in [6.07, 6.45) is 0. The summed E-state index contributed by atoms with van der Waals surface area (Å²) in [5, 5.41) is 0. The SMILES string of the molecule is CC1(O[Si](C)(C)C)C[Si](C)(C)[Si](C)(C)[Si](C)(C)O1. The Hall–Kier alpha value is 0.788. The van der Waals surface area contributed by atoms with Gasteiger partial charge in [-0.15, -0.1) is 0 Å². The van der Waals surface area contributed by atoms with E-state index >= 15 is 0 Å². The Balaban J connectivity index is 3.11. The average molecular weight is 321 g/mol. The van der Waals surface area contributed by atoms with Crippen molar-refractivity contribution in [3.63, 3.8) is 0 Å². The van der Waals surface area contributed by atoms with Crippen molar-refractivity contribution < 1.29 is 8.85 Å². The molecule has 0 amide bonds. The van der Waals surface area contributed by atoms with E-state index in [0.717, 1.165) is 0 Å². The van der Waals surface area contributed by atoms with Crippen LogP contribution in [0.5, 0.6) is 0 Å². The van der Waals surface area contributed by atoms with Crippen LogP contribution < -0.4 is 0 Å². The molecule has 1 fully saturated rings. The topological polar surface area (TPSA) is 18.5 Å². The molecule has 0 aromatic rings. The van der Waals surface area contributed by atoms with E-state index in [0.29, 0.717) is 0 Å². The number of hydrogen-bond acceptors (Lipinski definition) is 2. The molecule has 1 heterocycles. The van der Waals surface area contributed by atoms with Crippen molar-refractivity contribution in [3.8, 4) is 0 Å². The van der Waals surface area contributed by atoms with E-state index < -0.39 is 30.9 Å². The lowest BCUT2D eigenvalue weighted by Crippen LogP contribution is -2.78. The Morgan fingerprint density at radius 1 is 1.00 bits per heavy atom. The molecule has 1 rings (SSSR count). The predicted molar refractivity (Wildman–Crippen MR) is 91.2 cm³/mol. The molecular formula is C12H32O2Si4.